The normalized spacial score (nSPS) is 24.6. The van der Waals surface area contributed by atoms with Gasteiger partial charge < -0.3 is 5.73 Å². The maximum Gasteiger partial charge on any atom is 0.167 e. The fourth-order valence-electron chi connectivity index (χ4n) is 2.44. The first-order valence-electron chi connectivity index (χ1n) is 6.05. The van der Waals surface area contributed by atoms with E-state index in [9.17, 15) is 9.18 Å². The van der Waals surface area contributed by atoms with Gasteiger partial charge in [0.1, 0.15) is 5.82 Å². The van der Waals surface area contributed by atoms with E-state index in [0.717, 1.165) is 31.9 Å². The number of Topliss-reactive ketones (excluding diaryl/α,β-unsaturated/α-hetero) is 1. The van der Waals surface area contributed by atoms with E-state index in [-0.39, 0.29) is 11.7 Å². The molecule has 0 spiro atoms. The fraction of sp³-hybridized carbons (Fsp3) is 0.538. The lowest BCUT2D eigenvalue weighted by Gasteiger charge is -2.26. The second kappa shape index (κ2) is 5.36. The van der Waals surface area contributed by atoms with Gasteiger partial charge in [0.05, 0.1) is 6.20 Å². The maximum atomic E-state index is 13.0. The lowest BCUT2D eigenvalue weighted by atomic mass is 9.79. The molecule has 4 heteroatoms. The van der Waals surface area contributed by atoms with Crippen LogP contribution in [0.25, 0.3) is 0 Å². The van der Waals surface area contributed by atoms with Crippen molar-refractivity contribution < 1.29 is 9.18 Å². The Bertz CT molecular complexity index is 400. The third-order valence-electron chi connectivity index (χ3n) is 3.54. The number of carbonyl (C=O) groups excluding carboxylic acids is 1. The number of nitrogens with two attached hydrogens (primary N) is 1. The van der Waals surface area contributed by atoms with Gasteiger partial charge in [0.15, 0.2) is 5.78 Å². The van der Waals surface area contributed by atoms with E-state index < -0.39 is 5.82 Å². The Labute approximate surface area is 100 Å². The van der Waals surface area contributed by atoms with E-state index in [2.05, 4.69) is 4.98 Å². The highest BCUT2D eigenvalue weighted by Crippen LogP contribution is 2.30. The predicted molar refractivity (Wildman–Crippen MR) is 63.0 cm³/mol. The Morgan fingerprint density at radius 2 is 2.06 bits per heavy atom. The second-order valence-electron chi connectivity index (χ2n) is 4.71. The van der Waals surface area contributed by atoms with Gasteiger partial charge in [-0.25, -0.2) is 4.39 Å². The van der Waals surface area contributed by atoms with Crippen molar-refractivity contribution in [2.75, 3.05) is 6.54 Å². The van der Waals surface area contributed by atoms with Crippen LogP contribution in [0.15, 0.2) is 18.5 Å². The van der Waals surface area contributed by atoms with Gasteiger partial charge >= 0.3 is 0 Å². The number of nitrogens with zero attached hydrogens (tertiary/aromatic N) is 1. The molecule has 0 radical (unpaired) electrons. The van der Waals surface area contributed by atoms with E-state index in [1.807, 2.05) is 0 Å². The number of carbonyl (C=O) groups is 1. The van der Waals surface area contributed by atoms with Crippen LogP contribution in [0.1, 0.15) is 36.0 Å². The molecule has 1 aromatic rings. The number of aromatic nitrogens is 1. The van der Waals surface area contributed by atoms with Crippen LogP contribution >= 0.6 is 0 Å². The van der Waals surface area contributed by atoms with Crippen molar-refractivity contribution in [2.24, 2.45) is 17.6 Å². The van der Waals surface area contributed by atoms with Gasteiger partial charge in [0.25, 0.3) is 0 Å². The van der Waals surface area contributed by atoms with Crippen molar-refractivity contribution in [3.05, 3.63) is 29.8 Å². The average molecular weight is 236 g/mol. The Hall–Kier alpha value is -1.29. The van der Waals surface area contributed by atoms with Gasteiger partial charge in [-0.1, -0.05) is 0 Å². The van der Waals surface area contributed by atoms with Crippen molar-refractivity contribution in [3.8, 4) is 0 Å². The number of ketones is 1. The summed E-state index contributed by atoms with van der Waals surface area (Å²) in [4.78, 5) is 15.8. The van der Waals surface area contributed by atoms with Crippen LogP contribution in [-0.4, -0.2) is 17.3 Å². The molecule has 92 valence electrons. The van der Waals surface area contributed by atoms with Crippen LogP contribution in [0.5, 0.6) is 0 Å². The molecule has 0 amide bonds. The Morgan fingerprint density at radius 1 is 1.35 bits per heavy atom. The molecule has 1 aliphatic carbocycles. The lowest BCUT2D eigenvalue weighted by molar-refractivity contribution is 0.0872. The molecule has 0 bridgehead atoms. The number of rotatable bonds is 3. The van der Waals surface area contributed by atoms with E-state index in [0.29, 0.717) is 18.0 Å². The highest BCUT2D eigenvalue weighted by atomic mass is 19.1. The van der Waals surface area contributed by atoms with Gasteiger partial charge in [-0.2, -0.15) is 0 Å². The molecular weight excluding hydrogens is 219 g/mol. The molecule has 0 aliphatic heterocycles. The first-order chi connectivity index (χ1) is 8.20. The van der Waals surface area contributed by atoms with E-state index in [1.54, 1.807) is 0 Å². The van der Waals surface area contributed by atoms with Crippen molar-refractivity contribution in [2.45, 2.75) is 25.7 Å². The minimum absolute atomic E-state index is 0.0152. The summed E-state index contributed by atoms with van der Waals surface area (Å²) in [5, 5.41) is 0. The molecule has 2 N–H and O–H groups in total. The summed E-state index contributed by atoms with van der Waals surface area (Å²) in [6.07, 6.45) is 6.27. The predicted octanol–water partition coefficient (Wildman–Crippen LogP) is 2.17. The van der Waals surface area contributed by atoms with Gasteiger partial charge in [-0.15, -0.1) is 0 Å². The summed E-state index contributed by atoms with van der Waals surface area (Å²) in [7, 11) is 0. The molecule has 0 saturated heterocycles. The molecule has 1 aromatic heterocycles. The van der Waals surface area contributed by atoms with E-state index in [1.165, 1.54) is 12.3 Å². The van der Waals surface area contributed by atoms with Crippen LogP contribution < -0.4 is 5.73 Å². The minimum Gasteiger partial charge on any atom is -0.330 e. The third kappa shape index (κ3) is 2.88. The van der Waals surface area contributed by atoms with Crippen LogP contribution in [0.3, 0.4) is 0 Å². The van der Waals surface area contributed by atoms with Crippen LogP contribution in [0.2, 0.25) is 0 Å². The van der Waals surface area contributed by atoms with Crippen molar-refractivity contribution in [1.82, 2.24) is 4.98 Å². The number of hydrogen-bond donors (Lipinski definition) is 1. The summed E-state index contributed by atoms with van der Waals surface area (Å²) in [5.74, 6) is 0.130. The molecule has 1 fully saturated rings. The van der Waals surface area contributed by atoms with Gasteiger partial charge in [-0.3, -0.25) is 9.78 Å². The van der Waals surface area contributed by atoms with Gasteiger partial charge in [0, 0.05) is 17.7 Å². The molecule has 17 heavy (non-hydrogen) atoms. The zero-order valence-electron chi connectivity index (χ0n) is 9.73. The number of pyridine rings is 1. The third-order valence-corrected chi connectivity index (χ3v) is 3.54. The van der Waals surface area contributed by atoms with Crippen molar-refractivity contribution in [1.29, 1.82) is 0 Å². The SMILES string of the molecule is NCC1CCC(C(=O)c2cncc(F)c2)CC1. The Kier molecular flexibility index (Phi) is 3.84. The summed E-state index contributed by atoms with van der Waals surface area (Å²) in [6.45, 7) is 0.697. The monoisotopic (exact) mass is 236 g/mol. The lowest BCUT2D eigenvalue weighted by Crippen LogP contribution is -2.25. The number of hydrogen-bond acceptors (Lipinski definition) is 3. The van der Waals surface area contributed by atoms with Gasteiger partial charge in [0.2, 0.25) is 0 Å². The average Bonchev–Trinajstić information content (AvgIpc) is 2.38. The smallest absolute Gasteiger partial charge is 0.167 e. The summed E-state index contributed by atoms with van der Waals surface area (Å²) in [5.41, 5.74) is 6.00. The second-order valence-corrected chi connectivity index (χ2v) is 4.71. The van der Waals surface area contributed by atoms with Crippen molar-refractivity contribution in [3.63, 3.8) is 0 Å². The Morgan fingerprint density at radius 3 is 2.65 bits per heavy atom. The molecule has 1 aliphatic rings. The Balaban J connectivity index is 2.02. The quantitative estimate of drug-likeness (QED) is 0.818. The molecule has 0 atom stereocenters. The molecule has 3 nitrogen and oxygen atoms in total. The van der Waals surface area contributed by atoms with E-state index >= 15 is 0 Å². The maximum absolute atomic E-state index is 13.0. The van der Waals surface area contributed by atoms with Gasteiger partial charge in [-0.05, 0) is 44.2 Å². The highest BCUT2D eigenvalue weighted by Gasteiger charge is 2.26. The largest absolute Gasteiger partial charge is 0.330 e. The zero-order valence-corrected chi connectivity index (χ0v) is 9.73. The molecular formula is C13H17FN2O. The molecule has 1 saturated carbocycles. The fourth-order valence-corrected chi connectivity index (χ4v) is 2.44. The first kappa shape index (κ1) is 12.2. The highest BCUT2D eigenvalue weighted by molar-refractivity contribution is 5.97. The summed E-state index contributed by atoms with van der Waals surface area (Å²) >= 11 is 0. The minimum atomic E-state index is -0.452. The van der Waals surface area contributed by atoms with Crippen LogP contribution in [0, 0.1) is 17.7 Å². The molecule has 0 unspecified atom stereocenters. The standard InChI is InChI=1S/C13H17FN2O/c14-12-5-11(7-16-8-12)13(17)10-3-1-9(6-15)2-4-10/h5,7-10H,1-4,6,15H2. The van der Waals surface area contributed by atoms with Crippen LogP contribution in [0.4, 0.5) is 4.39 Å². The molecule has 0 aromatic carbocycles. The van der Waals surface area contributed by atoms with E-state index in [4.69, 9.17) is 5.73 Å². The first-order valence-corrected chi connectivity index (χ1v) is 6.05. The molecule has 2 rings (SSSR count). The number of halogens is 1. The zero-order chi connectivity index (χ0) is 12.3. The van der Waals surface area contributed by atoms with Crippen molar-refractivity contribution >= 4 is 5.78 Å². The summed E-state index contributed by atoms with van der Waals surface area (Å²) in [6, 6.07) is 1.27. The molecule has 1 heterocycles. The summed E-state index contributed by atoms with van der Waals surface area (Å²) < 4.78 is 13.0. The van der Waals surface area contributed by atoms with Crippen LogP contribution in [-0.2, 0) is 0 Å². The topological polar surface area (TPSA) is 56.0 Å².